The van der Waals surface area contributed by atoms with Crippen LogP contribution in [-0.4, -0.2) is 61.9 Å². The summed E-state index contributed by atoms with van der Waals surface area (Å²) in [6.07, 6.45) is -4.30. The highest BCUT2D eigenvalue weighted by Crippen LogP contribution is 2.27. The standard InChI is InChI=1S/C17H20N4O7/c18-10(6-9-4-2-1-3-5-9)16(25)27-8-11-13(23)14(24)15(28-11)21-17(26)20-12(22)7-19-21/h1-5,7,10-11,13-15,23-24H,6,8,18H2,(H,20,22,26). The second-order valence-corrected chi connectivity index (χ2v) is 6.36. The summed E-state index contributed by atoms with van der Waals surface area (Å²) < 4.78 is 11.2. The highest BCUT2D eigenvalue weighted by Gasteiger charge is 2.45. The lowest BCUT2D eigenvalue weighted by Crippen LogP contribution is -2.40. The summed E-state index contributed by atoms with van der Waals surface area (Å²) in [5, 5.41) is 23.8. The number of ether oxygens (including phenoxy) is 2. The van der Waals surface area contributed by atoms with Gasteiger partial charge in [-0.15, -0.1) is 0 Å². The molecule has 11 heteroatoms. The number of esters is 1. The van der Waals surface area contributed by atoms with E-state index in [9.17, 15) is 24.6 Å². The third-order valence-corrected chi connectivity index (χ3v) is 4.31. The maximum Gasteiger partial charge on any atom is 0.347 e. The van der Waals surface area contributed by atoms with Crippen LogP contribution in [0.25, 0.3) is 0 Å². The lowest BCUT2D eigenvalue weighted by Gasteiger charge is -2.17. The van der Waals surface area contributed by atoms with Crippen molar-refractivity contribution in [3.05, 3.63) is 62.9 Å². The first kappa shape index (κ1) is 19.9. The Labute approximate surface area is 158 Å². The van der Waals surface area contributed by atoms with Gasteiger partial charge in [-0.05, 0) is 12.0 Å². The van der Waals surface area contributed by atoms with Gasteiger partial charge in [0.05, 0.1) is 0 Å². The molecule has 1 saturated heterocycles. The fourth-order valence-electron chi connectivity index (χ4n) is 2.83. The molecule has 150 valence electrons. The molecule has 1 aromatic heterocycles. The second-order valence-electron chi connectivity index (χ2n) is 6.36. The molecule has 0 spiro atoms. The average molecular weight is 392 g/mol. The van der Waals surface area contributed by atoms with Gasteiger partial charge in [0.1, 0.15) is 37.2 Å². The van der Waals surface area contributed by atoms with Gasteiger partial charge in [0.2, 0.25) is 0 Å². The molecule has 1 aliphatic rings. The summed E-state index contributed by atoms with van der Waals surface area (Å²) in [7, 11) is 0. The van der Waals surface area contributed by atoms with Crippen molar-refractivity contribution < 1.29 is 24.5 Å². The first-order chi connectivity index (χ1) is 13.4. The molecule has 0 saturated carbocycles. The molecule has 2 heterocycles. The molecule has 2 aromatic rings. The number of aliphatic hydroxyl groups is 2. The zero-order chi connectivity index (χ0) is 20.3. The van der Waals surface area contributed by atoms with Gasteiger partial charge in [-0.25, -0.2) is 4.79 Å². The molecule has 5 N–H and O–H groups in total. The molecule has 3 rings (SSSR count). The van der Waals surface area contributed by atoms with E-state index in [-0.39, 0.29) is 13.0 Å². The van der Waals surface area contributed by atoms with E-state index in [1.807, 2.05) is 35.3 Å². The smallest absolute Gasteiger partial charge is 0.347 e. The highest BCUT2D eigenvalue weighted by molar-refractivity contribution is 5.75. The fourth-order valence-corrected chi connectivity index (χ4v) is 2.83. The third kappa shape index (κ3) is 4.34. The van der Waals surface area contributed by atoms with Gasteiger partial charge in [-0.3, -0.25) is 14.6 Å². The lowest BCUT2D eigenvalue weighted by molar-refractivity contribution is -0.151. The van der Waals surface area contributed by atoms with Crippen molar-refractivity contribution in [3.8, 4) is 0 Å². The van der Waals surface area contributed by atoms with Crippen LogP contribution < -0.4 is 17.0 Å². The monoisotopic (exact) mass is 392 g/mol. The molecular weight excluding hydrogens is 372 g/mol. The van der Waals surface area contributed by atoms with Crippen LogP contribution in [0.3, 0.4) is 0 Å². The molecule has 0 amide bonds. The zero-order valence-electron chi connectivity index (χ0n) is 14.7. The number of nitrogens with one attached hydrogen (secondary N) is 1. The summed E-state index contributed by atoms with van der Waals surface area (Å²) in [5.74, 6) is -0.697. The number of rotatable bonds is 6. The van der Waals surface area contributed by atoms with Crippen LogP contribution in [0.1, 0.15) is 11.8 Å². The number of benzene rings is 1. The van der Waals surface area contributed by atoms with E-state index >= 15 is 0 Å². The van der Waals surface area contributed by atoms with Crippen LogP contribution >= 0.6 is 0 Å². The molecule has 28 heavy (non-hydrogen) atoms. The molecular formula is C17H20N4O7. The van der Waals surface area contributed by atoms with Gasteiger partial charge in [0.15, 0.2) is 6.23 Å². The average Bonchev–Trinajstić information content (AvgIpc) is 2.95. The first-order valence-electron chi connectivity index (χ1n) is 8.52. The van der Waals surface area contributed by atoms with Gasteiger partial charge < -0.3 is 25.4 Å². The number of carbonyl (C=O) groups excluding carboxylic acids is 1. The zero-order valence-corrected chi connectivity index (χ0v) is 14.7. The van der Waals surface area contributed by atoms with Gasteiger partial charge in [0.25, 0.3) is 5.56 Å². The molecule has 0 aliphatic carbocycles. The van der Waals surface area contributed by atoms with Crippen molar-refractivity contribution in [2.75, 3.05) is 6.61 Å². The summed E-state index contributed by atoms with van der Waals surface area (Å²) in [5.41, 5.74) is 5.07. The molecule has 5 unspecified atom stereocenters. The number of aromatic nitrogens is 3. The number of aliphatic hydroxyl groups excluding tert-OH is 2. The molecule has 0 bridgehead atoms. The highest BCUT2D eigenvalue weighted by atomic mass is 16.6. The fraction of sp³-hybridized carbons (Fsp3) is 0.412. The van der Waals surface area contributed by atoms with Crippen molar-refractivity contribution in [3.63, 3.8) is 0 Å². The Morgan fingerprint density at radius 1 is 1.29 bits per heavy atom. The molecule has 1 aromatic carbocycles. The van der Waals surface area contributed by atoms with E-state index in [1.165, 1.54) is 0 Å². The number of aromatic amines is 1. The minimum absolute atomic E-state index is 0.274. The third-order valence-electron chi connectivity index (χ3n) is 4.31. The van der Waals surface area contributed by atoms with Crippen LogP contribution in [0, 0.1) is 0 Å². The summed E-state index contributed by atoms with van der Waals surface area (Å²) in [6, 6.07) is 8.23. The van der Waals surface area contributed by atoms with Crippen LogP contribution in [0.15, 0.2) is 46.1 Å². The maximum atomic E-state index is 12.1. The van der Waals surface area contributed by atoms with Crippen molar-refractivity contribution in [1.29, 1.82) is 0 Å². The largest absolute Gasteiger partial charge is 0.462 e. The van der Waals surface area contributed by atoms with Crippen molar-refractivity contribution >= 4 is 5.97 Å². The Balaban J connectivity index is 1.59. The Morgan fingerprint density at radius 2 is 2.00 bits per heavy atom. The predicted octanol–water partition coefficient (Wildman–Crippen LogP) is -2.34. The topological polar surface area (TPSA) is 170 Å². The summed E-state index contributed by atoms with van der Waals surface area (Å²) in [6.45, 7) is -0.381. The summed E-state index contributed by atoms with van der Waals surface area (Å²) >= 11 is 0. The van der Waals surface area contributed by atoms with E-state index in [0.29, 0.717) is 4.68 Å². The van der Waals surface area contributed by atoms with Crippen LogP contribution in [0.4, 0.5) is 0 Å². The number of hydrogen-bond donors (Lipinski definition) is 4. The number of carbonyl (C=O) groups is 1. The van der Waals surface area contributed by atoms with Crippen molar-refractivity contribution in [2.45, 2.75) is 37.0 Å². The minimum Gasteiger partial charge on any atom is -0.462 e. The van der Waals surface area contributed by atoms with Crippen LogP contribution in [0.2, 0.25) is 0 Å². The Bertz CT molecular complexity index is 929. The van der Waals surface area contributed by atoms with Gasteiger partial charge in [-0.1, -0.05) is 30.3 Å². The Kier molecular flexibility index (Phi) is 5.99. The molecule has 1 fully saturated rings. The number of nitrogens with two attached hydrogens (primary N) is 1. The van der Waals surface area contributed by atoms with E-state index < -0.39 is 47.8 Å². The first-order valence-corrected chi connectivity index (χ1v) is 8.52. The Hall–Kier alpha value is -2.86. The summed E-state index contributed by atoms with van der Waals surface area (Å²) in [4.78, 5) is 36.9. The predicted molar refractivity (Wildman–Crippen MR) is 94.1 cm³/mol. The quantitative estimate of drug-likeness (QED) is 0.394. The van der Waals surface area contributed by atoms with E-state index in [0.717, 1.165) is 11.8 Å². The number of hydrogen-bond acceptors (Lipinski definition) is 9. The minimum atomic E-state index is -1.52. The van der Waals surface area contributed by atoms with E-state index in [1.54, 1.807) is 0 Å². The van der Waals surface area contributed by atoms with E-state index in [4.69, 9.17) is 15.2 Å². The normalized spacial score (nSPS) is 25.4. The number of H-pyrrole nitrogens is 1. The maximum absolute atomic E-state index is 12.1. The second kappa shape index (κ2) is 8.44. The molecule has 11 nitrogen and oxygen atoms in total. The molecule has 0 radical (unpaired) electrons. The lowest BCUT2D eigenvalue weighted by atomic mass is 10.1. The molecule has 5 atom stereocenters. The van der Waals surface area contributed by atoms with Crippen LogP contribution in [0.5, 0.6) is 0 Å². The van der Waals surface area contributed by atoms with Crippen molar-refractivity contribution in [2.24, 2.45) is 5.73 Å². The number of nitrogens with zero attached hydrogens (tertiary/aromatic N) is 2. The SMILES string of the molecule is NC(Cc1ccccc1)C(=O)OCC1OC(n2ncc(=O)[nH]c2=O)C(O)C1O. The van der Waals surface area contributed by atoms with E-state index in [2.05, 4.69) is 5.10 Å². The Morgan fingerprint density at radius 3 is 2.68 bits per heavy atom. The van der Waals surface area contributed by atoms with Crippen LogP contribution in [-0.2, 0) is 20.7 Å². The van der Waals surface area contributed by atoms with Gasteiger partial charge in [0, 0.05) is 0 Å². The van der Waals surface area contributed by atoms with Gasteiger partial charge >= 0.3 is 11.7 Å². The van der Waals surface area contributed by atoms with Crippen molar-refractivity contribution in [1.82, 2.24) is 14.8 Å². The van der Waals surface area contributed by atoms with Gasteiger partial charge in [-0.2, -0.15) is 9.78 Å². The molecule has 1 aliphatic heterocycles.